The van der Waals surface area contributed by atoms with E-state index in [0.717, 1.165) is 13.0 Å². The molecule has 2 rings (SSSR count). The molecule has 1 aliphatic rings. The summed E-state index contributed by atoms with van der Waals surface area (Å²) in [5.74, 6) is -0.634. The van der Waals surface area contributed by atoms with Crippen LogP contribution in [0.1, 0.15) is 44.5 Å². The first-order chi connectivity index (χ1) is 8.93. The minimum atomic E-state index is -4.10. The molecule has 0 aliphatic heterocycles. The number of rotatable bonds is 3. The zero-order chi connectivity index (χ0) is 14.0. The highest BCUT2D eigenvalue weighted by molar-refractivity contribution is 5.01. The van der Waals surface area contributed by atoms with Crippen molar-refractivity contribution in [3.63, 3.8) is 0 Å². The predicted octanol–water partition coefficient (Wildman–Crippen LogP) is 3.27. The lowest BCUT2D eigenvalue weighted by Gasteiger charge is -2.33. The second-order valence-corrected chi connectivity index (χ2v) is 5.26. The SMILES string of the molecule is CCn1ccnc1C(N)C1CCCC(C(F)(F)F)C1. The summed E-state index contributed by atoms with van der Waals surface area (Å²) < 4.78 is 40.3. The standard InChI is InChI=1S/C13H20F3N3/c1-2-19-7-6-18-12(19)11(17)9-4-3-5-10(8-9)13(14,15)16/h6-7,9-11H,2-5,8,17H2,1H3. The summed E-state index contributed by atoms with van der Waals surface area (Å²) in [5, 5.41) is 0. The molecule has 0 aromatic carbocycles. The number of hydrogen-bond acceptors (Lipinski definition) is 2. The lowest BCUT2D eigenvalue weighted by Crippen LogP contribution is -2.34. The molecular formula is C13H20F3N3. The number of aryl methyl sites for hydroxylation is 1. The molecule has 1 fully saturated rings. The molecule has 0 spiro atoms. The van der Waals surface area contributed by atoms with Gasteiger partial charge in [-0.05, 0) is 32.1 Å². The average Bonchev–Trinajstić information content (AvgIpc) is 2.85. The Morgan fingerprint density at radius 3 is 2.84 bits per heavy atom. The van der Waals surface area contributed by atoms with Gasteiger partial charge in [0, 0.05) is 18.9 Å². The second kappa shape index (κ2) is 5.53. The highest BCUT2D eigenvalue weighted by Crippen LogP contribution is 2.43. The first-order valence-electron chi connectivity index (χ1n) is 6.76. The first-order valence-corrected chi connectivity index (χ1v) is 6.76. The van der Waals surface area contributed by atoms with Crippen LogP contribution in [0.3, 0.4) is 0 Å². The molecule has 3 unspecified atom stereocenters. The topological polar surface area (TPSA) is 43.8 Å². The Hall–Kier alpha value is -1.04. The zero-order valence-corrected chi connectivity index (χ0v) is 11.0. The summed E-state index contributed by atoms with van der Waals surface area (Å²) in [6, 6.07) is -0.403. The van der Waals surface area contributed by atoms with Crippen LogP contribution in [0.5, 0.6) is 0 Å². The maximum Gasteiger partial charge on any atom is 0.391 e. The van der Waals surface area contributed by atoms with E-state index >= 15 is 0 Å². The third kappa shape index (κ3) is 3.11. The second-order valence-electron chi connectivity index (χ2n) is 5.26. The number of hydrogen-bond donors (Lipinski definition) is 1. The third-order valence-electron chi connectivity index (χ3n) is 4.07. The van der Waals surface area contributed by atoms with Crippen molar-refractivity contribution >= 4 is 0 Å². The number of aromatic nitrogens is 2. The minimum absolute atomic E-state index is 0.126. The normalized spacial score (nSPS) is 26.4. The zero-order valence-electron chi connectivity index (χ0n) is 11.0. The largest absolute Gasteiger partial charge is 0.391 e. The molecule has 1 aromatic rings. The summed E-state index contributed by atoms with van der Waals surface area (Å²) in [6.07, 6.45) is 1.08. The molecule has 1 saturated carbocycles. The van der Waals surface area contributed by atoms with Gasteiger partial charge in [0.15, 0.2) is 0 Å². The molecule has 0 saturated heterocycles. The maximum absolute atomic E-state index is 12.8. The van der Waals surface area contributed by atoms with Gasteiger partial charge in [-0.15, -0.1) is 0 Å². The van der Waals surface area contributed by atoms with Crippen molar-refractivity contribution in [3.8, 4) is 0 Å². The molecule has 2 N–H and O–H groups in total. The Labute approximate surface area is 111 Å². The molecular weight excluding hydrogens is 255 g/mol. The van der Waals surface area contributed by atoms with Gasteiger partial charge < -0.3 is 10.3 Å². The maximum atomic E-state index is 12.8. The molecule has 3 atom stereocenters. The van der Waals surface area contributed by atoms with Gasteiger partial charge in [-0.2, -0.15) is 13.2 Å². The number of nitrogens with zero attached hydrogens (tertiary/aromatic N) is 2. The lowest BCUT2D eigenvalue weighted by atomic mass is 9.77. The Balaban J connectivity index is 2.09. The van der Waals surface area contributed by atoms with E-state index in [2.05, 4.69) is 4.98 Å². The molecule has 1 aromatic heterocycles. The van der Waals surface area contributed by atoms with Crippen molar-refractivity contribution in [2.75, 3.05) is 0 Å². The molecule has 0 radical (unpaired) electrons. The summed E-state index contributed by atoms with van der Waals surface area (Å²) in [6.45, 7) is 2.70. The van der Waals surface area contributed by atoms with Crippen molar-refractivity contribution in [1.29, 1.82) is 0 Å². The molecule has 1 heterocycles. The van der Waals surface area contributed by atoms with Crippen LogP contribution in [0, 0.1) is 11.8 Å². The van der Waals surface area contributed by atoms with Crippen LogP contribution in [-0.2, 0) is 6.54 Å². The Morgan fingerprint density at radius 2 is 2.21 bits per heavy atom. The van der Waals surface area contributed by atoms with Crippen LogP contribution in [0.2, 0.25) is 0 Å². The van der Waals surface area contributed by atoms with Crippen molar-refractivity contribution in [1.82, 2.24) is 9.55 Å². The minimum Gasteiger partial charge on any atom is -0.334 e. The van der Waals surface area contributed by atoms with E-state index in [1.807, 2.05) is 17.7 Å². The van der Waals surface area contributed by atoms with Gasteiger partial charge in [0.25, 0.3) is 0 Å². The smallest absolute Gasteiger partial charge is 0.334 e. The van der Waals surface area contributed by atoms with Crippen molar-refractivity contribution in [2.24, 2.45) is 17.6 Å². The van der Waals surface area contributed by atoms with Crippen LogP contribution in [-0.4, -0.2) is 15.7 Å². The summed E-state index contributed by atoms with van der Waals surface area (Å²) in [5.41, 5.74) is 6.15. The van der Waals surface area contributed by atoms with Crippen LogP contribution in [0.4, 0.5) is 13.2 Å². The summed E-state index contributed by atoms with van der Waals surface area (Å²) in [4.78, 5) is 4.21. The van der Waals surface area contributed by atoms with E-state index in [-0.39, 0.29) is 18.8 Å². The highest BCUT2D eigenvalue weighted by Gasteiger charge is 2.43. The molecule has 6 heteroatoms. The van der Waals surface area contributed by atoms with Crippen LogP contribution >= 0.6 is 0 Å². The van der Waals surface area contributed by atoms with Crippen LogP contribution < -0.4 is 5.73 Å². The molecule has 0 bridgehead atoms. The van der Waals surface area contributed by atoms with Gasteiger partial charge in [-0.3, -0.25) is 0 Å². The average molecular weight is 275 g/mol. The molecule has 0 amide bonds. The first kappa shape index (κ1) is 14.4. The number of imidazole rings is 1. The number of nitrogens with two attached hydrogens (primary N) is 1. The van der Waals surface area contributed by atoms with Gasteiger partial charge in [0.2, 0.25) is 0 Å². The summed E-state index contributed by atoms with van der Waals surface area (Å²) in [7, 11) is 0. The van der Waals surface area contributed by atoms with Crippen LogP contribution in [0.15, 0.2) is 12.4 Å². The molecule has 19 heavy (non-hydrogen) atoms. The van der Waals surface area contributed by atoms with Crippen molar-refractivity contribution < 1.29 is 13.2 Å². The van der Waals surface area contributed by atoms with Gasteiger partial charge in [-0.25, -0.2) is 4.98 Å². The summed E-state index contributed by atoms with van der Waals surface area (Å²) >= 11 is 0. The third-order valence-corrected chi connectivity index (χ3v) is 4.07. The van der Waals surface area contributed by atoms with E-state index in [4.69, 9.17) is 5.73 Å². The van der Waals surface area contributed by atoms with Crippen LogP contribution in [0.25, 0.3) is 0 Å². The van der Waals surface area contributed by atoms with E-state index in [1.54, 1.807) is 6.20 Å². The van der Waals surface area contributed by atoms with Gasteiger partial charge in [0.05, 0.1) is 12.0 Å². The van der Waals surface area contributed by atoms with Gasteiger partial charge in [-0.1, -0.05) is 6.42 Å². The Bertz CT molecular complexity index is 414. The molecule has 3 nitrogen and oxygen atoms in total. The van der Waals surface area contributed by atoms with E-state index in [1.165, 1.54) is 0 Å². The van der Waals surface area contributed by atoms with Gasteiger partial charge in [0.1, 0.15) is 5.82 Å². The molecule has 108 valence electrons. The molecule has 1 aliphatic carbocycles. The Kier molecular flexibility index (Phi) is 4.18. The fourth-order valence-corrected chi connectivity index (χ4v) is 2.95. The predicted molar refractivity (Wildman–Crippen MR) is 66.3 cm³/mol. The van der Waals surface area contributed by atoms with E-state index < -0.39 is 18.1 Å². The lowest BCUT2D eigenvalue weighted by molar-refractivity contribution is -0.186. The fraction of sp³-hybridized carbons (Fsp3) is 0.769. The van der Waals surface area contributed by atoms with E-state index in [9.17, 15) is 13.2 Å². The quantitative estimate of drug-likeness (QED) is 0.920. The van der Waals surface area contributed by atoms with E-state index in [0.29, 0.717) is 12.2 Å². The highest BCUT2D eigenvalue weighted by atomic mass is 19.4. The monoisotopic (exact) mass is 275 g/mol. The number of halogens is 3. The fourth-order valence-electron chi connectivity index (χ4n) is 2.95. The van der Waals surface area contributed by atoms with Crippen molar-refractivity contribution in [3.05, 3.63) is 18.2 Å². The van der Waals surface area contributed by atoms with Gasteiger partial charge >= 0.3 is 6.18 Å². The van der Waals surface area contributed by atoms with Crippen molar-refractivity contribution in [2.45, 2.75) is 51.4 Å². The Morgan fingerprint density at radius 1 is 1.47 bits per heavy atom. The number of alkyl halides is 3.